The van der Waals surface area contributed by atoms with E-state index in [1.54, 1.807) is 0 Å². The number of aromatic nitrogens is 1. The number of hydrogen-bond acceptors (Lipinski definition) is 3. The third-order valence-electron chi connectivity index (χ3n) is 4.06. The maximum Gasteiger partial charge on any atom is 0.0547 e. The molecule has 102 valence electrons. The molecule has 1 aromatic rings. The summed E-state index contributed by atoms with van der Waals surface area (Å²) in [5, 5.41) is 0. The lowest BCUT2D eigenvalue weighted by Gasteiger charge is -2.43. The lowest BCUT2D eigenvalue weighted by molar-refractivity contribution is 0.0637. The van der Waals surface area contributed by atoms with E-state index in [4.69, 9.17) is 5.73 Å². The second-order valence-electron chi connectivity index (χ2n) is 5.50. The highest BCUT2D eigenvalue weighted by molar-refractivity contribution is 5.10. The molecule has 0 aliphatic heterocycles. The SMILES string of the molecule is CCN(Cc1cccc(C)n1)C(C)(CN)C(C)C. The Morgan fingerprint density at radius 2 is 2.06 bits per heavy atom. The van der Waals surface area contributed by atoms with Crippen LogP contribution in [0.15, 0.2) is 18.2 Å². The average molecular weight is 249 g/mol. The number of aryl methyl sites for hydroxylation is 1. The molecule has 2 N–H and O–H groups in total. The zero-order valence-corrected chi connectivity index (χ0v) is 12.4. The minimum atomic E-state index is 0.0280. The zero-order valence-electron chi connectivity index (χ0n) is 12.4. The van der Waals surface area contributed by atoms with Crippen molar-refractivity contribution in [2.24, 2.45) is 11.7 Å². The molecule has 0 aliphatic carbocycles. The maximum atomic E-state index is 6.01. The summed E-state index contributed by atoms with van der Waals surface area (Å²) < 4.78 is 0. The van der Waals surface area contributed by atoms with Crippen molar-refractivity contribution in [3.63, 3.8) is 0 Å². The number of pyridine rings is 1. The van der Waals surface area contributed by atoms with E-state index in [2.05, 4.69) is 49.7 Å². The second-order valence-corrected chi connectivity index (χ2v) is 5.50. The van der Waals surface area contributed by atoms with Gasteiger partial charge in [0, 0.05) is 24.3 Å². The van der Waals surface area contributed by atoms with E-state index in [9.17, 15) is 0 Å². The molecule has 1 atom stereocenters. The Labute approximate surface area is 111 Å². The third kappa shape index (κ3) is 3.30. The molecule has 0 aliphatic rings. The Balaban J connectivity index is 2.90. The van der Waals surface area contributed by atoms with Gasteiger partial charge in [0.15, 0.2) is 0 Å². The maximum absolute atomic E-state index is 6.01. The summed E-state index contributed by atoms with van der Waals surface area (Å²) in [7, 11) is 0. The highest BCUT2D eigenvalue weighted by atomic mass is 15.2. The Bertz CT molecular complexity index is 376. The van der Waals surface area contributed by atoms with Crippen LogP contribution in [0.2, 0.25) is 0 Å². The normalized spacial score (nSPS) is 15.1. The standard InChI is InChI=1S/C15H27N3/c1-6-18(15(5,11-16)12(2)3)10-14-9-7-8-13(4)17-14/h7-9,12H,6,10-11,16H2,1-5H3. The topological polar surface area (TPSA) is 42.2 Å². The van der Waals surface area contributed by atoms with Crippen LogP contribution in [0.4, 0.5) is 0 Å². The summed E-state index contributed by atoms with van der Waals surface area (Å²) >= 11 is 0. The van der Waals surface area contributed by atoms with E-state index in [-0.39, 0.29) is 5.54 Å². The number of nitrogens with zero attached hydrogens (tertiary/aromatic N) is 2. The van der Waals surface area contributed by atoms with E-state index in [0.29, 0.717) is 12.5 Å². The molecule has 1 heterocycles. The summed E-state index contributed by atoms with van der Waals surface area (Å²) in [5.41, 5.74) is 8.23. The molecular weight excluding hydrogens is 222 g/mol. The largest absolute Gasteiger partial charge is 0.329 e. The summed E-state index contributed by atoms with van der Waals surface area (Å²) in [5.74, 6) is 0.521. The molecule has 1 aromatic heterocycles. The second kappa shape index (κ2) is 6.30. The van der Waals surface area contributed by atoms with Crippen LogP contribution in [-0.2, 0) is 6.54 Å². The van der Waals surface area contributed by atoms with Crippen LogP contribution in [0.1, 0.15) is 39.1 Å². The first-order valence-electron chi connectivity index (χ1n) is 6.81. The minimum Gasteiger partial charge on any atom is -0.329 e. The van der Waals surface area contributed by atoms with Gasteiger partial charge in [-0.15, -0.1) is 0 Å². The predicted octanol–water partition coefficient (Wildman–Crippen LogP) is 2.59. The van der Waals surface area contributed by atoms with Crippen LogP contribution in [0.25, 0.3) is 0 Å². The predicted molar refractivity (Wildman–Crippen MR) is 77.4 cm³/mol. The van der Waals surface area contributed by atoms with E-state index in [0.717, 1.165) is 24.5 Å². The molecular formula is C15H27N3. The molecule has 0 aromatic carbocycles. The smallest absolute Gasteiger partial charge is 0.0547 e. The van der Waals surface area contributed by atoms with Gasteiger partial charge >= 0.3 is 0 Å². The summed E-state index contributed by atoms with van der Waals surface area (Å²) in [4.78, 5) is 7.02. The summed E-state index contributed by atoms with van der Waals surface area (Å²) in [6.07, 6.45) is 0. The van der Waals surface area contributed by atoms with E-state index >= 15 is 0 Å². The van der Waals surface area contributed by atoms with Crippen LogP contribution in [0, 0.1) is 12.8 Å². The van der Waals surface area contributed by atoms with E-state index < -0.39 is 0 Å². The van der Waals surface area contributed by atoms with Crippen LogP contribution >= 0.6 is 0 Å². The fourth-order valence-electron chi connectivity index (χ4n) is 2.27. The molecule has 0 amide bonds. The highest BCUT2D eigenvalue weighted by Crippen LogP contribution is 2.25. The van der Waals surface area contributed by atoms with Crippen molar-refractivity contribution in [1.82, 2.24) is 9.88 Å². The number of rotatable bonds is 6. The van der Waals surface area contributed by atoms with E-state index in [1.807, 2.05) is 13.0 Å². The lowest BCUT2D eigenvalue weighted by atomic mass is 9.86. The number of nitrogens with two attached hydrogens (primary N) is 1. The fraction of sp³-hybridized carbons (Fsp3) is 0.667. The molecule has 1 unspecified atom stereocenters. The molecule has 3 nitrogen and oxygen atoms in total. The van der Waals surface area contributed by atoms with Crippen LogP contribution < -0.4 is 5.73 Å². The quantitative estimate of drug-likeness (QED) is 0.842. The molecule has 0 bridgehead atoms. The Morgan fingerprint density at radius 3 is 2.50 bits per heavy atom. The van der Waals surface area contributed by atoms with Crippen LogP contribution in [0.3, 0.4) is 0 Å². The highest BCUT2D eigenvalue weighted by Gasteiger charge is 2.32. The molecule has 0 radical (unpaired) electrons. The molecule has 0 fully saturated rings. The summed E-state index contributed by atoms with van der Waals surface area (Å²) in [6.45, 7) is 13.5. The van der Waals surface area contributed by atoms with Gasteiger partial charge < -0.3 is 5.73 Å². The van der Waals surface area contributed by atoms with Crippen molar-refractivity contribution in [2.75, 3.05) is 13.1 Å². The number of likely N-dealkylation sites (N-methyl/N-ethyl adjacent to an activating group) is 1. The molecule has 0 saturated carbocycles. The van der Waals surface area contributed by atoms with Gasteiger partial charge in [0.25, 0.3) is 0 Å². The van der Waals surface area contributed by atoms with Crippen molar-refractivity contribution in [1.29, 1.82) is 0 Å². The van der Waals surface area contributed by atoms with Gasteiger partial charge in [0.1, 0.15) is 0 Å². The lowest BCUT2D eigenvalue weighted by Crippen LogP contribution is -2.54. The first-order valence-corrected chi connectivity index (χ1v) is 6.81. The molecule has 18 heavy (non-hydrogen) atoms. The van der Waals surface area contributed by atoms with Gasteiger partial charge in [-0.25, -0.2) is 0 Å². The first-order chi connectivity index (χ1) is 8.43. The zero-order chi connectivity index (χ0) is 13.8. The van der Waals surface area contributed by atoms with Crippen molar-refractivity contribution in [2.45, 2.75) is 46.7 Å². The van der Waals surface area contributed by atoms with Crippen LogP contribution in [0.5, 0.6) is 0 Å². The van der Waals surface area contributed by atoms with Crippen molar-refractivity contribution >= 4 is 0 Å². The van der Waals surface area contributed by atoms with Crippen molar-refractivity contribution in [3.05, 3.63) is 29.6 Å². The Kier molecular flexibility index (Phi) is 5.29. The summed E-state index contributed by atoms with van der Waals surface area (Å²) in [6, 6.07) is 6.19. The van der Waals surface area contributed by atoms with Gasteiger partial charge in [0.05, 0.1) is 5.69 Å². The third-order valence-corrected chi connectivity index (χ3v) is 4.06. The van der Waals surface area contributed by atoms with Gasteiger partial charge in [0.2, 0.25) is 0 Å². The van der Waals surface area contributed by atoms with Crippen molar-refractivity contribution in [3.8, 4) is 0 Å². The molecule has 1 rings (SSSR count). The number of hydrogen-bond donors (Lipinski definition) is 1. The van der Waals surface area contributed by atoms with Gasteiger partial charge in [-0.2, -0.15) is 0 Å². The Morgan fingerprint density at radius 1 is 1.39 bits per heavy atom. The fourth-order valence-corrected chi connectivity index (χ4v) is 2.27. The van der Waals surface area contributed by atoms with Crippen LogP contribution in [-0.4, -0.2) is 28.5 Å². The monoisotopic (exact) mass is 249 g/mol. The molecule has 0 spiro atoms. The Hall–Kier alpha value is -0.930. The van der Waals surface area contributed by atoms with Gasteiger partial charge in [-0.1, -0.05) is 26.8 Å². The first kappa shape index (κ1) is 15.1. The van der Waals surface area contributed by atoms with Gasteiger partial charge in [-0.3, -0.25) is 9.88 Å². The van der Waals surface area contributed by atoms with E-state index in [1.165, 1.54) is 0 Å². The average Bonchev–Trinajstić information content (AvgIpc) is 2.34. The molecule has 3 heteroatoms. The van der Waals surface area contributed by atoms with Crippen molar-refractivity contribution < 1.29 is 0 Å². The minimum absolute atomic E-state index is 0.0280. The molecule has 0 saturated heterocycles. The van der Waals surface area contributed by atoms with Gasteiger partial charge in [-0.05, 0) is 38.4 Å².